The quantitative estimate of drug-likeness (QED) is 0.772. The summed E-state index contributed by atoms with van der Waals surface area (Å²) < 4.78 is 0.851. The van der Waals surface area contributed by atoms with Crippen molar-refractivity contribution in [2.75, 3.05) is 17.6 Å². The van der Waals surface area contributed by atoms with E-state index < -0.39 is 5.41 Å². The number of ketones is 1. The molecule has 1 aromatic carbocycles. The van der Waals surface area contributed by atoms with Gasteiger partial charge in [0, 0.05) is 21.7 Å². The van der Waals surface area contributed by atoms with E-state index in [1.54, 1.807) is 12.1 Å². The minimum atomic E-state index is -0.524. The Morgan fingerprint density at radius 2 is 2.08 bits per heavy atom. The molecule has 2 rings (SSSR count). The first-order valence-corrected chi connectivity index (χ1v) is 9.19. The minimum absolute atomic E-state index is 0.0721. The Morgan fingerprint density at radius 1 is 1.38 bits per heavy atom. The number of allylic oxidation sites excluding steroid dienone is 1. The predicted molar refractivity (Wildman–Crippen MR) is 99.5 cm³/mol. The minimum Gasteiger partial charge on any atom is -0.324 e. The van der Waals surface area contributed by atoms with Crippen molar-refractivity contribution >= 4 is 51.0 Å². The molecule has 7 heteroatoms. The third kappa shape index (κ3) is 4.95. The maximum absolute atomic E-state index is 12.2. The summed E-state index contributed by atoms with van der Waals surface area (Å²) in [5, 5.41) is 3.28. The van der Waals surface area contributed by atoms with Gasteiger partial charge in [-0.1, -0.05) is 54.5 Å². The highest BCUT2D eigenvalue weighted by Crippen LogP contribution is 2.30. The Labute approximate surface area is 154 Å². The molecule has 0 atom stereocenters. The lowest BCUT2D eigenvalue weighted by Crippen LogP contribution is -2.34. The van der Waals surface area contributed by atoms with Crippen molar-refractivity contribution in [3.8, 4) is 0 Å². The molecule has 0 unspecified atom stereocenters. The summed E-state index contributed by atoms with van der Waals surface area (Å²) >= 11 is 4.62. The Hall–Kier alpha value is -1.60. The van der Waals surface area contributed by atoms with Gasteiger partial charge in [0.2, 0.25) is 11.8 Å². The van der Waals surface area contributed by atoms with Crippen LogP contribution >= 0.6 is 27.7 Å². The van der Waals surface area contributed by atoms with Gasteiger partial charge < -0.3 is 5.32 Å². The van der Waals surface area contributed by atoms with Gasteiger partial charge in [-0.15, -0.1) is 0 Å². The number of nitrogens with one attached hydrogen (secondary N) is 1. The highest BCUT2D eigenvalue weighted by molar-refractivity contribution is 9.10. The van der Waals surface area contributed by atoms with Gasteiger partial charge in [-0.05, 0) is 18.2 Å². The van der Waals surface area contributed by atoms with E-state index in [1.807, 2.05) is 32.9 Å². The van der Waals surface area contributed by atoms with E-state index in [2.05, 4.69) is 21.2 Å². The van der Waals surface area contributed by atoms with Crippen LogP contribution in [0.15, 0.2) is 39.8 Å². The fraction of sp³-hybridized carbons (Fsp3) is 0.353. The molecule has 1 saturated heterocycles. The van der Waals surface area contributed by atoms with Crippen molar-refractivity contribution in [3.05, 3.63) is 39.8 Å². The number of rotatable bonds is 4. The van der Waals surface area contributed by atoms with Gasteiger partial charge in [-0.3, -0.25) is 19.3 Å². The molecule has 1 heterocycles. The van der Waals surface area contributed by atoms with E-state index in [1.165, 1.54) is 22.7 Å². The highest BCUT2D eigenvalue weighted by atomic mass is 79.9. The molecule has 0 saturated carbocycles. The third-order valence-electron chi connectivity index (χ3n) is 3.31. The van der Waals surface area contributed by atoms with Crippen molar-refractivity contribution in [1.29, 1.82) is 0 Å². The number of benzene rings is 1. The summed E-state index contributed by atoms with van der Waals surface area (Å²) in [6.45, 7) is 5.34. The zero-order valence-corrected chi connectivity index (χ0v) is 16.2. The van der Waals surface area contributed by atoms with Crippen LogP contribution < -0.4 is 5.32 Å². The number of hydrogen-bond acceptors (Lipinski definition) is 4. The van der Waals surface area contributed by atoms with Crippen molar-refractivity contribution in [2.45, 2.75) is 20.8 Å². The second kappa shape index (κ2) is 7.53. The maximum Gasteiger partial charge on any atom is 0.244 e. The number of carbonyl (C=O) groups excluding carboxylic acids is 3. The Morgan fingerprint density at radius 3 is 2.71 bits per heavy atom. The van der Waals surface area contributed by atoms with E-state index in [-0.39, 0.29) is 29.9 Å². The number of amides is 2. The van der Waals surface area contributed by atoms with Gasteiger partial charge in [0.1, 0.15) is 6.54 Å². The third-order valence-corrected chi connectivity index (χ3v) is 4.83. The molecule has 0 aromatic heterocycles. The Kier molecular flexibility index (Phi) is 5.87. The fourth-order valence-electron chi connectivity index (χ4n) is 1.94. The molecular weight excluding hydrogens is 392 g/mol. The molecule has 0 radical (unpaired) electrons. The van der Waals surface area contributed by atoms with Crippen LogP contribution in [-0.2, 0) is 14.4 Å². The molecule has 0 bridgehead atoms. The lowest BCUT2D eigenvalue weighted by atomic mass is 9.91. The standard InChI is InChI=1S/C17H19BrN2O3S/c1-17(2,3)13(21)8-16-20(15(23)10-24-16)9-14(22)19-12-6-4-5-11(18)7-12/h4-8H,9-10H2,1-3H3,(H,19,22)/b16-8-. The van der Waals surface area contributed by atoms with Gasteiger partial charge in [-0.2, -0.15) is 0 Å². The predicted octanol–water partition coefficient (Wildman–Crippen LogP) is 3.42. The second-order valence-corrected chi connectivity index (χ2v) is 8.34. The van der Waals surface area contributed by atoms with Gasteiger partial charge in [0.25, 0.3) is 0 Å². The molecule has 2 amide bonds. The summed E-state index contributed by atoms with van der Waals surface area (Å²) in [7, 11) is 0. The lowest BCUT2D eigenvalue weighted by Gasteiger charge is -2.19. The number of thioether (sulfide) groups is 1. The monoisotopic (exact) mass is 410 g/mol. The van der Waals surface area contributed by atoms with E-state index in [0.717, 1.165) is 4.47 Å². The molecule has 0 spiro atoms. The van der Waals surface area contributed by atoms with Crippen molar-refractivity contribution < 1.29 is 14.4 Å². The molecule has 0 aliphatic carbocycles. The summed E-state index contributed by atoms with van der Waals surface area (Å²) in [4.78, 5) is 37.8. The van der Waals surface area contributed by atoms with Crippen LogP contribution in [0.25, 0.3) is 0 Å². The topological polar surface area (TPSA) is 66.5 Å². The molecular formula is C17H19BrN2O3S. The molecule has 1 aromatic rings. The second-order valence-electron chi connectivity index (χ2n) is 6.42. The van der Waals surface area contributed by atoms with Crippen LogP contribution in [0.3, 0.4) is 0 Å². The summed E-state index contributed by atoms with van der Waals surface area (Å²) in [5.74, 6) is -0.305. The largest absolute Gasteiger partial charge is 0.324 e. The molecule has 1 aliphatic rings. The smallest absolute Gasteiger partial charge is 0.244 e. The van der Waals surface area contributed by atoms with Gasteiger partial charge in [0.05, 0.1) is 10.8 Å². The Balaban J connectivity index is 2.08. The first-order chi connectivity index (χ1) is 11.2. The number of carbonyl (C=O) groups is 3. The first-order valence-electron chi connectivity index (χ1n) is 7.41. The maximum atomic E-state index is 12.2. The number of nitrogens with zero attached hydrogens (tertiary/aromatic N) is 1. The van der Waals surface area contributed by atoms with Crippen LogP contribution in [0.2, 0.25) is 0 Å². The van der Waals surface area contributed by atoms with E-state index in [4.69, 9.17) is 0 Å². The molecule has 5 nitrogen and oxygen atoms in total. The Bertz CT molecular complexity index is 710. The summed E-state index contributed by atoms with van der Waals surface area (Å²) in [6, 6.07) is 7.21. The molecule has 1 N–H and O–H groups in total. The lowest BCUT2D eigenvalue weighted by molar-refractivity contribution is -0.129. The normalized spacial score (nSPS) is 16.6. The van der Waals surface area contributed by atoms with E-state index >= 15 is 0 Å². The van der Waals surface area contributed by atoms with Gasteiger partial charge >= 0.3 is 0 Å². The SMILES string of the molecule is CC(C)(C)C(=O)/C=C1\SCC(=O)N1CC(=O)Nc1cccc(Br)c1. The van der Waals surface area contributed by atoms with Crippen molar-refractivity contribution in [2.24, 2.45) is 5.41 Å². The summed E-state index contributed by atoms with van der Waals surface area (Å²) in [6.07, 6.45) is 1.46. The number of anilines is 1. The average molecular weight is 411 g/mol. The zero-order valence-electron chi connectivity index (χ0n) is 13.8. The van der Waals surface area contributed by atoms with Gasteiger partial charge in [0.15, 0.2) is 5.78 Å². The van der Waals surface area contributed by atoms with Crippen molar-refractivity contribution in [3.63, 3.8) is 0 Å². The summed E-state index contributed by atoms with van der Waals surface area (Å²) in [5.41, 5.74) is 0.119. The van der Waals surface area contributed by atoms with E-state index in [9.17, 15) is 14.4 Å². The fourth-order valence-corrected chi connectivity index (χ4v) is 3.28. The van der Waals surface area contributed by atoms with Crippen LogP contribution in [0.5, 0.6) is 0 Å². The number of halogens is 1. The molecule has 24 heavy (non-hydrogen) atoms. The molecule has 128 valence electrons. The molecule has 1 aliphatic heterocycles. The number of hydrogen-bond donors (Lipinski definition) is 1. The van der Waals surface area contributed by atoms with Crippen molar-refractivity contribution in [1.82, 2.24) is 4.90 Å². The van der Waals surface area contributed by atoms with Crippen LogP contribution in [0, 0.1) is 5.41 Å². The average Bonchev–Trinajstić information content (AvgIpc) is 2.79. The van der Waals surface area contributed by atoms with Crippen LogP contribution in [0.4, 0.5) is 5.69 Å². The van der Waals surface area contributed by atoms with Crippen LogP contribution in [-0.4, -0.2) is 34.8 Å². The van der Waals surface area contributed by atoms with Crippen LogP contribution in [0.1, 0.15) is 20.8 Å². The van der Waals surface area contributed by atoms with Gasteiger partial charge in [-0.25, -0.2) is 0 Å². The van der Waals surface area contributed by atoms with E-state index in [0.29, 0.717) is 10.7 Å². The zero-order chi connectivity index (χ0) is 17.9. The first kappa shape index (κ1) is 18.7. The molecule has 1 fully saturated rings. The highest BCUT2D eigenvalue weighted by Gasteiger charge is 2.30.